The number of aliphatic hydroxyl groups excluding tert-OH is 1. The first-order valence-electron chi connectivity index (χ1n) is 7.93. The van der Waals surface area contributed by atoms with Crippen molar-refractivity contribution in [3.8, 4) is 0 Å². The standard InChI is InChI=1S/C17H28N2O2/c1-3-19(12-16-10-7-11-21-16)13-17(14-20,18-2)15-8-5-4-6-9-15/h4-6,8-9,16,18,20H,3,7,10-14H2,1-2H3. The first-order valence-corrected chi connectivity index (χ1v) is 7.93. The summed E-state index contributed by atoms with van der Waals surface area (Å²) in [6, 6.07) is 10.2. The fraction of sp³-hybridized carbons (Fsp3) is 0.647. The highest BCUT2D eigenvalue weighted by molar-refractivity contribution is 5.25. The average molecular weight is 292 g/mol. The lowest BCUT2D eigenvalue weighted by atomic mass is 9.90. The SMILES string of the molecule is CCN(CC1CCCO1)CC(CO)(NC)c1ccccc1. The van der Waals surface area contributed by atoms with Crippen LogP contribution in [0.25, 0.3) is 0 Å². The first kappa shape index (κ1) is 16.4. The fourth-order valence-corrected chi connectivity index (χ4v) is 3.06. The molecule has 1 aliphatic rings. The van der Waals surface area contributed by atoms with E-state index in [9.17, 15) is 5.11 Å². The van der Waals surface area contributed by atoms with Gasteiger partial charge in [-0.3, -0.25) is 4.90 Å². The Labute approximate surface area is 128 Å². The van der Waals surface area contributed by atoms with Crippen molar-refractivity contribution in [2.24, 2.45) is 0 Å². The molecule has 0 radical (unpaired) electrons. The minimum Gasteiger partial charge on any atom is -0.394 e. The highest BCUT2D eigenvalue weighted by Crippen LogP contribution is 2.23. The molecule has 1 fully saturated rings. The lowest BCUT2D eigenvalue weighted by Crippen LogP contribution is -2.53. The van der Waals surface area contributed by atoms with E-state index in [0.29, 0.717) is 6.10 Å². The van der Waals surface area contributed by atoms with Crippen molar-refractivity contribution < 1.29 is 9.84 Å². The fourth-order valence-electron chi connectivity index (χ4n) is 3.06. The van der Waals surface area contributed by atoms with E-state index in [2.05, 4.69) is 29.3 Å². The Morgan fingerprint density at radius 2 is 2.14 bits per heavy atom. The smallest absolute Gasteiger partial charge is 0.0795 e. The Morgan fingerprint density at radius 1 is 1.38 bits per heavy atom. The number of nitrogens with one attached hydrogen (secondary N) is 1. The molecule has 1 saturated heterocycles. The number of hydrogen-bond acceptors (Lipinski definition) is 4. The van der Waals surface area contributed by atoms with E-state index in [1.54, 1.807) is 0 Å². The molecule has 0 aromatic heterocycles. The van der Waals surface area contributed by atoms with E-state index >= 15 is 0 Å². The van der Waals surface area contributed by atoms with Crippen LogP contribution in [0.4, 0.5) is 0 Å². The van der Waals surface area contributed by atoms with Crippen LogP contribution < -0.4 is 5.32 Å². The quantitative estimate of drug-likeness (QED) is 0.764. The summed E-state index contributed by atoms with van der Waals surface area (Å²) in [5, 5.41) is 13.4. The van der Waals surface area contributed by atoms with E-state index in [0.717, 1.165) is 44.6 Å². The first-order chi connectivity index (χ1) is 10.2. The summed E-state index contributed by atoms with van der Waals surface area (Å²) in [6.45, 7) is 5.80. The number of likely N-dealkylation sites (N-methyl/N-ethyl adjacent to an activating group) is 2. The van der Waals surface area contributed by atoms with Gasteiger partial charge in [0.2, 0.25) is 0 Å². The second-order valence-corrected chi connectivity index (χ2v) is 5.82. The van der Waals surface area contributed by atoms with Gasteiger partial charge in [0.15, 0.2) is 0 Å². The molecule has 0 bridgehead atoms. The van der Waals surface area contributed by atoms with E-state index in [1.807, 2.05) is 25.2 Å². The number of nitrogens with zero attached hydrogens (tertiary/aromatic N) is 1. The number of benzene rings is 1. The van der Waals surface area contributed by atoms with E-state index in [1.165, 1.54) is 0 Å². The van der Waals surface area contributed by atoms with E-state index < -0.39 is 5.54 Å². The van der Waals surface area contributed by atoms with Gasteiger partial charge in [-0.2, -0.15) is 0 Å². The second kappa shape index (κ2) is 7.90. The summed E-state index contributed by atoms with van der Waals surface area (Å²) in [4.78, 5) is 2.37. The van der Waals surface area contributed by atoms with Crippen molar-refractivity contribution >= 4 is 0 Å². The number of aliphatic hydroxyl groups is 1. The summed E-state index contributed by atoms with van der Waals surface area (Å²) in [7, 11) is 1.92. The molecular formula is C17H28N2O2. The number of ether oxygens (including phenoxy) is 1. The minimum atomic E-state index is -0.421. The van der Waals surface area contributed by atoms with Gasteiger partial charge in [-0.15, -0.1) is 0 Å². The second-order valence-electron chi connectivity index (χ2n) is 5.82. The summed E-state index contributed by atoms with van der Waals surface area (Å²) in [6.07, 6.45) is 2.65. The van der Waals surface area contributed by atoms with Crippen molar-refractivity contribution in [2.45, 2.75) is 31.4 Å². The van der Waals surface area contributed by atoms with Crippen LogP contribution >= 0.6 is 0 Å². The van der Waals surface area contributed by atoms with Crippen molar-refractivity contribution in [1.82, 2.24) is 10.2 Å². The maximum atomic E-state index is 10.0. The maximum Gasteiger partial charge on any atom is 0.0795 e. The third-order valence-corrected chi connectivity index (χ3v) is 4.50. The minimum absolute atomic E-state index is 0.0789. The average Bonchev–Trinajstić information content (AvgIpc) is 3.05. The molecule has 4 nitrogen and oxygen atoms in total. The number of hydrogen-bond donors (Lipinski definition) is 2. The molecule has 0 aliphatic carbocycles. The van der Waals surface area contributed by atoms with Gasteiger partial charge in [-0.1, -0.05) is 37.3 Å². The van der Waals surface area contributed by atoms with Crippen molar-refractivity contribution in [2.75, 3.05) is 39.9 Å². The molecule has 2 N–H and O–H groups in total. The predicted molar refractivity (Wildman–Crippen MR) is 85.4 cm³/mol. The normalized spacial score (nSPS) is 21.6. The Kier molecular flexibility index (Phi) is 6.18. The van der Waals surface area contributed by atoms with E-state index in [4.69, 9.17) is 4.74 Å². The van der Waals surface area contributed by atoms with Crippen LogP contribution in [0, 0.1) is 0 Å². The summed E-state index contributed by atoms with van der Waals surface area (Å²) in [5.41, 5.74) is 0.705. The van der Waals surface area contributed by atoms with Gasteiger partial charge in [0, 0.05) is 19.7 Å². The molecule has 2 unspecified atom stereocenters. The molecule has 2 atom stereocenters. The Morgan fingerprint density at radius 3 is 2.67 bits per heavy atom. The van der Waals surface area contributed by atoms with E-state index in [-0.39, 0.29) is 6.61 Å². The van der Waals surface area contributed by atoms with Gasteiger partial charge in [0.25, 0.3) is 0 Å². The lowest BCUT2D eigenvalue weighted by Gasteiger charge is -2.38. The van der Waals surface area contributed by atoms with Crippen LogP contribution in [0.3, 0.4) is 0 Å². The summed E-state index contributed by atoms with van der Waals surface area (Å²) < 4.78 is 5.75. The monoisotopic (exact) mass is 292 g/mol. The highest BCUT2D eigenvalue weighted by Gasteiger charge is 2.32. The third kappa shape index (κ3) is 4.04. The molecule has 0 amide bonds. The number of rotatable bonds is 8. The molecule has 21 heavy (non-hydrogen) atoms. The van der Waals surface area contributed by atoms with Gasteiger partial charge in [-0.25, -0.2) is 0 Å². The molecule has 0 saturated carbocycles. The molecule has 1 heterocycles. The molecule has 0 spiro atoms. The van der Waals surface area contributed by atoms with Crippen LogP contribution in [0.5, 0.6) is 0 Å². The van der Waals surface area contributed by atoms with Crippen LogP contribution in [0.15, 0.2) is 30.3 Å². The van der Waals surface area contributed by atoms with Gasteiger partial charge in [0.1, 0.15) is 0 Å². The van der Waals surface area contributed by atoms with Gasteiger partial charge in [0.05, 0.1) is 18.2 Å². The largest absolute Gasteiger partial charge is 0.394 e. The van der Waals surface area contributed by atoms with Gasteiger partial charge < -0.3 is 15.2 Å². The maximum absolute atomic E-state index is 10.0. The van der Waals surface area contributed by atoms with Crippen molar-refractivity contribution in [1.29, 1.82) is 0 Å². The van der Waals surface area contributed by atoms with Gasteiger partial charge in [-0.05, 0) is 32.0 Å². The predicted octanol–water partition coefficient (Wildman–Crippen LogP) is 1.59. The molecule has 1 aliphatic heterocycles. The zero-order chi connectivity index (χ0) is 15.1. The summed E-state index contributed by atoms with van der Waals surface area (Å²) >= 11 is 0. The van der Waals surface area contributed by atoms with Crippen molar-refractivity contribution in [3.05, 3.63) is 35.9 Å². The molecule has 2 rings (SSSR count). The molecular weight excluding hydrogens is 264 g/mol. The molecule has 1 aromatic rings. The van der Waals surface area contributed by atoms with Crippen LogP contribution in [0.2, 0.25) is 0 Å². The van der Waals surface area contributed by atoms with Crippen molar-refractivity contribution in [3.63, 3.8) is 0 Å². The Hall–Kier alpha value is -0.940. The third-order valence-electron chi connectivity index (χ3n) is 4.50. The molecule has 1 aromatic carbocycles. The molecule has 4 heteroatoms. The summed E-state index contributed by atoms with van der Waals surface area (Å²) in [5.74, 6) is 0. The highest BCUT2D eigenvalue weighted by atomic mass is 16.5. The van der Waals surface area contributed by atoms with Crippen LogP contribution in [-0.4, -0.2) is 56.0 Å². The Balaban J connectivity index is 2.09. The molecule has 118 valence electrons. The zero-order valence-electron chi connectivity index (χ0n) is 13.2. The topological polar surface area (TPSA) is 44.7 Å². The van der Waals surface area contributed by atoms with Crippen LogP contribution in [0.1, 0.15) is 25.3 Å². The lowest BCUT2D eigenvalue weighted by molar-refractivity contribution is 0.0519. The van der Waals surface area contributed by atoms with Crippen LogP contribution in [-0.2, 0) is 10.3 Å². The zero-order valence-corrected chi connectivity index (χ0v) is 13.2. The van der Waals surface area contributed by atoms with Gasteiger partial charge >= 0.3 is 0 Å². The Bertz CT molecular complexity index is 401.